The van der Waals surface area contributed by atoms with E-state index in [0.717, 1.165) is 0 Å². The first-order chi connectivity index (χ1) is 4.69. The fraction of sp³-hybridized carbons (Fsp3) is 0.500. The predicted octanol–water partition coefficient (Wildman–Crippen LogP) is 2.80. The van der Waals surface area contributed by atoms with Gasteiger partial charge in [-0.1, -0.05) is 31.2 Å². The lowest BCUT2D eigenvalue weighted by molar-refractivity contribution is 0.539. The van der Waals surface area contributed by atoms with Crippen LogP contribution in [0.3, 0.4) is 0 Å². The molecule has 2 heteroatoms. The summed E-state index contributed by atoms with van der Waals surface area (Å²) < 4.78 is 10.7. The maximum atomic E-state index is 10.7. The molecule has 0 aromatic rings. The van der Waals surface area contributed by atoms with E-state index in [1.165, 1.54) is 0 Å². The molecule has 1 rings (SSSR count). The summed E-state index contributed by atoms with van der Waals surface area (Å²) in [4.78, 5) is 0. The average molecular weight is 154 g/mol. The Labute approximate surface area is 63.0 Å². The first-order valence-electron chi connectivity index (χ1n) is 3.39. The molecule has 0 saturated carbocycles. The van der Waals surface area contributed by atoms with Crippen molar-refractivity contribution in [2.24, 2.45) is 5.92 Å². The van der Waals surface area contributed by atoms with E-state index in [4.69, 9.17) is 0 Å². The van der Waals surface area contributed by atoms with Crippen molar-refractivity contribution in [2.75, 3.05) is 0 Å². The highest BCUT2D eigenvalue weighted by Crippen LogP contribution is 2.35. The van der Waals surface area contributed by atoms with E-state index in [2.05, 4.69) is 13.0 Å². The van der Waals surface area contributed by atoms with Crippen molar-refractivity contribution in [3.8, 4) is 0 Å². The van der Waals surface area contributed by atoms with Gasteiger partial charge >= 0.3 is 0 Å². The lowest BCUT2D eigenvalue weighted by atomic mass is 9.91. The molecule has 1 nitrogen and oxygen atoms in total. The van der Waals surface area contributed by atoms with E-state index in [0.29, 0.717) is 5.92 Å². The Kier molecular flexibility index (Phi) is 2.05. The van der Waals surface area contributed by atoms with E-state index in [1.807, 2.05) is 25.2 Å². The third-order valence-electron chi connectivity index (χ3n) is 2.06. The van der Waals surface area contributed by atoms with Crippen LogP contribution in [0.25, 0.3) is 0 Å². The summed E-state index contributed by atoms with van der Waals surface area (Å²) in [6, 6.07) is 0. The van der Waals surface area contributed by atoms with Gasteiger partial charge in [0.25, 0.3) is 0 Å². The van der Waals surface area contributed by atoms with Gasteiger partial charge in [-0.25, -0.2) is 0 Å². The van der Waals surface area contributed by atoms with Crippen LogP contribution in [-0.4, -0.2) is 5.16 Å². The molecule has 0 fully saturated rings. The summed E-state index contributed by atoms with van der Waals surface area (Å²) in [7, 11) is 0.210. The summed E-state index contributed by atoms with van der Waals surface area (Å²) in [5.74, 6) is 0.372. The minimum Gasteiger partial charge on any atom is -0.274 e. The Morgan fingerprint density at radius 1 is 1.50 bits per heavy atom. The molecular weight excluding hydrogens is 143 g/mol. The van der Waals surface area contributed by atoms with E-state index in [9.17, 15) is 4.57 Å². The van der Waals surface area contributed by atoms with Gasteiger partial charge in [0.2, 0.25) is 0 Å². The van der Waals surface area contributed by atoms with Crippen molar-refractivity contribution < 1.29 is 4.57 Å². The van der Waals surface area contributed by atoms with Crippen LogP contribution in [0.5, 0.6) is 0 Å². The number of hydrogen-bond donors (Lipinski definition) is 0. The molecule has 2 unspecified atom stereocenters. The molecule has 0 amide bonds. The SMILES string of the molecule is CC1C=CC=CC1(C)P=O. The molecule has 0 bridgehead atoms. The smallest absolute Gasteiger partial charge is 0.166 e. The second kappa shape index (κ2) is 2.67. The standard InChI is InChI=1S/C8H11OP/c1-7-5-3-4-6-8(7,2)10-9/h3-7H,1-2H3. The van der Waals surface area contributed by atoms with Crippen LogP contribution in [0.15, 0.2) is 24.3 Å². The monoisotopic (exact) mass is 154 g/mol. The van der Waals surface area contributed by atoms with E-state index >= 15 is 0 Å². The third-order valence-corrected chi connectivity index (χ3v) is 3.01. The third kappa shape index (κ3) is 1.19. The lowest BCUT2D eigenvalue weighted by Crippen LogP contribution is -2.23. The highest BCUT2D eigenvalue weighted by molar-refractivity contribution is 7.26. The fourth-order valence-corrected chi connectivity index (χ4v) is 1.34. The zero-order chi connectivity index (χ0) is 7.61. The van der Waals surface area contributed by atoms with Crippen LogP contribution >= 0.6 is 8.46 Å². The normalized spacial score (nSPS) is 38.8. The van der Waals surface area contributed by atoms with Gasteiger partial charge in [0.05, 0.1) is 5.16 Å². The number of hydrogen-bond acceptors (Lipinski definition) is 1. The van der Waals surface area contributed by atoms with Crippen molar-refractivity contribution in [3.63, 3.8) is 0 Å². The van der Waals surface area contributed by atoms with Gasteiger partial charge in [-0.05, 0) is 12.8 Å². The second-order valence-corrected chi connectivity index (χ2v) is 4.00. The van der Waals surface area contributed by atoms with Crippen LogP contribution in [0.1, 0.15) is 13.8 Å². The molecule has 0 aliphatic heterocycles. The number of allylic oxidation sites excluding steroid dienone is 4. The van der Waals surface area contributed by atoms with Gasteiger partial charge in [-0.15, -0.1) is 0 Å². The largest absolute Gasteiger partial charge is 0.274 e. The molecule has 0 spiro atoms. The molecule has 0 heterocycles. The molecular formula is C8H11OP. The molecule has 54 valence electrons. The summed E-state index contributed by atoms with van der Waals surface area (Å²) in [5, 5.41) is -0.172. The van der Waals surface area contributed by atoms with Crippen LogP contribution in [0.2, 0.25) is 0 Å². The molecule has 0 N–H and O–H groups in total. The van der Waals surface area contributed by atoms with Crippen molar-refractivity contribution in [3.05, 3.63) is 24.3 Å². The Morgan fingerprint density at radius 3 is 2.60 bits per heavy atom. The van der Waals surface area contributed by atoms with Crippen molar-refractivity contribution >= 4 is 8.46 Å². The first kappa shape index (κ1) is 7.68. The molecule has 1 aliphatic carbocycles. The topological polar surface area (TPSA) is 17.1 Å². The maximum absolute atomic E-state index is 10.7. The van der Waals surface area contributed by atoms with Gasteiger partial charge in [0.15, 0.2) is 8.46 Å². The Bertz CT molecular complexity index is 195. The Hall–Kier alpha value is -0.420. The highest BCUT2D eigenvalue weighted by Gasteiger charge is 2.28. The van der Waals surface area contributed by atoms with Crippen LogP contribution in [0, 0.1) is 5.92 Å². The Balaban J connectivity index is 2.87. The van der Waals surface area contributed by atoms with Gasteiger partial charge in [-0.2, -0.15) is 0 Å². The summed E-state index contributed by atoms with van der Waals surface area (Å²) in [6.45, 7) is 4.07. The highest BCUT2D eigenvalue weighted by atomic mass is 31.1. The van der Waals surface area contributed by atoms with Crippen molar-refractivity contribution in [1.29, 1.82) is 0 Å². The molecule has 0 saturated heterocycles. The van der Waals surface area contributed by atoms with E-state index in [-0.39, 0.29) is 13.6 Å². The van der Waals surface area contributed by atoms with Gasteiger partial charge in [0, 0.05) is 0 Å². The Morgan fingerprint density at radius 2 is 2.20 bits per heavy atom. The van der Waals surface area contributed by atoms with E-state index in [1.54, 1.807) is 0 Å². The van der Waals surface area contributed by atoms with E-state index < -0.39 is 0 Å². The fourth-order valence-electron chi connectivity index (χ4n) is 0.941. The van der Waals surface area contributed by atoms with Crippen LogP contribution in [-0.2, 0) is 4.57 Å². The molecule has 0 aromatic heterocycles. The molecule has 2 atom stereocenters. The summed E-state index contributed by atoms with van der Waals surface area (Å²) in [5.41, 5.74) is 0. The lowest BCUT2D eigenvalue weighted by Gasteiger charge is -2.24. The summed E-state index contributed by atoms with van der Waals surface area (Å²) >= 11 is 0. The van der Waals surface area contributed by atoms with Crippen LogP contribution < -0.4 is 0 Å². The zero-order valence-electron chi connectivity index (χ0n) is 6.24. The minimum atomic E-state index is -0.172. The average Bonchev–Trinajstić information content (AvgIpc) is 1.96. The maximum Gasteiger partial charge on any atom is 0.166 e. The second-order valence-electron chi connectivity index (χ2n) is 2.85. The van der Waals surface area contributed by atoms with Crippen molar-refractivity contribution in [1.82, 2.24) is 0 Å². The zero-order valence-corrected chi connectivity index (χ0v) is 7.14. The van der Waals surface area contributed by atoms with Gasteiger partial charge < -0.3 is 0 Å². The number of rotatable bonds is 1. The predicted molar refractivity (Wildman–Crippen MR) is 43.5 cm³/mol. The van der Waals surface area contributed by atoms with Crippen LogP contribution in [0.4, 0.5) is 0 Å². The van der Waals surface area contributed by atoms with Gasteiger partial charge in [-0.3, -0.25) is 4.57 Å². The quantitative estimate of drug-likeness (QED) is 0.531. The molecule has 10 heavy (non-hydrogen) atoms. The summed E-state index contributed by atoms with van der Waals surface area (Å²) in [6.07, 6.45) is 8.01. The van der Waals surface area contributed by atoms with Gasteiger partial charge in [0.1, 0.15) is 0 Å². The molecule has 0 aromatic carbocycles. The molecule has 0 radical (unpaired) electrons. The van der Waals surface area contributed by atoms with Crippen molar-refractivity contribution in [2.45, 2.75) is 19.0 Å². The minimum absolute atomic E-state index is 0.172. The first-order valence-corrected chi connectivity index (χ1v) is 4.21. The molecule has 1 aliphatic rings.